The third-order valence-corrected chi connectivity index (χ3v) is 2.59. The van der Waals surface area contributed by atoms with Crippen LogP contribution in [0, 0.1) is 5.82 Å². The maximum Gasteiger partial charge on any atom is 0.241 e. The van der Waals surface area contributed by atoms with E-state index in [0.717, 1.165) is 0 Å². The van der Waals surface area contributed by atoms with Crippen LogP contribution in [0.5, 0.6) is 0 Å². The first kappa shape index (κ1) is 12.9. The molecule has 0 saturated heterocycles. The van der Waals surface area contributed by atoms with Gasteiger partial charge >= 0.3 is 0 Å². The van der Waals surface area contributed by atoms with E-state index in [2.05, 4.69) is 27.8 Å². The van der Waals surface area contributed by atoms with Crippen molar-refractivity contribution < 1.29 is 9.18 Å². The van der Waals surface area contributed by atoms with Crippen LogP contribution in [0.3, 0.4) is 0 Å². The van der Waals surface area contributed by atoms with Crippen LogP contribution in [0.25, 0.3) is 0 Å². The Kier molecular flexibility index (Phi) is 4.64. The van der Waals surface area contributed by atoms with Crippen LogP contribution >= 0.6 is 15.9 Å². The van der Waals surface area contributed by atoms with Crippen molar-refractivity contribution in [2.45, 2.75) is 12.5 Å². The zero-order chi connectivity index (χ0) is 12.1. The molecular weight excluding hydrogens is 275 g/mol. The van der Waals surface area contributed by atoms with Crippen LogP contribution < -0.4 is 11.1 Å². The second-order valence-electron chi connectivity index (χ2n) is 3.25. The number of hydrogen-bond donors (Lipinski definition) is 2. The Hall–Kier alpha value is -1.20. The minimum atomic E-state index is -0.663. The van der Waals surface area contributed by atoms with Gasteiger partial charge in [-0.3, -0.25) is 4.79 Å². The summed E-state index contributed by atoms with van der Waals surface area (Å²) in [6, 6.07) is 3.67. The summed E-state index contributed by atoms with van der Waals surface area (Å²) in [6.07, 6.45) is 1.94. The van der Waals surface area contributed by atoms with Gasteiger partial charge in [0.1, 0.15) is 5.82 Å². The summed E-state index contributed by atoms with van der Waals surface area (Å²) in [6.45, 7) is 3.49. The molecule has 1 aromatic carbocycles. The third-order valence-electron chi connectivity index (χ3n) is 1.94. The molecule has 16 heavy (non-hydrogen) atoms. The Bertz CT molecular complexity index is 409. The zero-order valence-corrected chi connectivity index (χ0v) is 10.1. The molecule has 0 aliphatic heterocycles. The van der Waals surface area contributed by atoms with E-state index in [1.165, 1.54) is 12.1 Å². The van der Waals surface area contributed by atoms with E-state index in [0.29, 0.717) is 16.6 Å². The standard InChI is InChI=1S/C11H12BrFN2O/c1-2-3-10(14)11(16)15-7-4-5-8(12)9(13)6-7/h2,4-6,10H,1,3,14H2,(H,15,16). The highest BCUT2D eigenvalue weighted by molar-refractivity contribution is 9.10. The van der Waals surface area contributed by atoms with Crippen LogP contribution in [0.2, 0.25) is 0 Å². The summed E-state index contributed by atoms with van der Waals surface area (Å²) >= 11 is 3.02. The lowest BCUT2D eigenvalue weighted by molar-refractivity contribution is -0.117. The molecule has 0 heterocycles. The van der Waals surface area contributed by atoms with E-state index in [9.17, 15) is 9.18 Å². The first-order valence-corrected chi connectivity index (χ1v) is 5.46. The molecule has 1 rings (SSSR count). The van der Waals surface area contributed by atoms with Gasteiger partial charge in [-0.1, -0.05) is 6.08 Å². The van der Waals surface area contributed by atoms with Gasteiger partial charge in [0.2, 0.25) is 5.91 Å². The van der Waals surface area contributed by atoms with Crippen molar-refractivity contribution in [1.82, 2.24) is 0 Å². The minimum absolute atomic E-state index is 0.348. The summed E-state index contributed by atoms with van der Waals surface area (Å²) in [5.41, 5.74) is 5.94. The number of hydrogen-bond acceptors (Lipinski definition) is 2. The molecule has 1 amide bonds. The molecular formula is C11H12BrFN2O. The third kappa shape index (κ3) is 3.43. The van der Waals surface area contributed by atoms with Gasteiger partial charge in [-0.15, -0.1) is 6.58 Å². The highest BCUT2D eigenvalue weighted by Gasteiger charge is 2.12. The fourth-order valence-corrected chi connectivity index (χ4v) is 1.34. The lowest BCUT2D eigenvalue weighted by Gasteiger charge is -2.10. The molecule has 0 radical (unpaired) electrons. The molecule has 1 aromatic rings. The number of nitrogens with one attached hydrogen (secondary N) is 1. The zero-order valence-electron chi connectivity index (χ0n) is 8.54. The van der Waals surface area contributed by atoms with Crippen molar-refractivity contribution in [2.75, 3.05) is 5.32 Å². The number of nitrogens with two attached hydrogens (primary N) is 1. The maximum atomic E-state index is 13.1. The van der Waals surface area contributed by atoms with Gasteiger partial charge in [0.05, 0.1) is 10.5 Å². The van der Waals surface area contributed by atoms with E-state index in [1.807, 2.05) is 0 Å². The van der Waals surface area contributed by atoms with Gasteiger partial charge in [-0.05, 0) is 40.5 Å². The maximum absolute atomic E-state index is 13.1. The van der Waals surface area contributed by atoms with Gasteiger partial charge in [-0.25, -0.2) is 4.39 Å². The van der Waals surface area contributed by atoms with Gasteiger partial charge < -0.3 is 11.1 Å². The second kappa shape index (κ2) is 5.77. The summed E-state index contributed by atoms with van der Waals surface area (Å²) in [5, 5.41) is 2.52. The molecule has 0 aromatic heterocycles. The van der Waals surface area contributed by atoms with Crippen LogP contribution in [0.15, 0.2) is 35.3 Å². The first-order chi connectivity index (χ1) is 7.54. The molecule has 3 nitrogen and oxygen atoms in total. The highest BCUT2D eigenvalue weighted by Crippen LogP contribution is 2.19. The number of carbonyl (C=O) groups excluding carboxylic acids is 1. The van der Waals surface area contributed by atoms with Crippen molar-refractivity contribution in [2.24, 2.45) is 5.73 Å². The van der Waals surface area contributed by atoms with Gasteiger partial charge in [0.15, 0.2) is 0 Å². The van der Waals surface area contributed by atoms with Crippen LogP contribution in [-0.4, -0.2) is 11.9 Å². The predicted octanol–water partition coefficient (Wildman–Crippen LogP) is 2.43. The molecule has 0 aliphatic carbocycles. The summed E-state index contributed by atoms with van der Waals surface area (Å²) in [5.74, 6) is -0.795. The molecule has 5 heteroatoms. The number of benzene rings is 1. The summed E-state index contributed by atoms with van der Waals surface area (Å²) < 4.78 is 13.5. The minimum Gasteiger partial charge on any atom is -0.325 e. The Morgan fingerprint density at radius 1 is 1.69 bits per heavy atom. The smallest absolute Gasteiger partial charge is 0.241 e. The molecule has 0 spiro atoms. The number of anilines is 1. The predicted molar refractivity (Wildman–Crippen MR) is 65.5 cm³/mol. The lowest BCUT2D eigenvalue weighted by Crippen LogP contribution is -2.35. The number of halogens is 2. The lowest BCUT2D eigenvalue weighted by atomic mass is 10.2. The Morgan fingerprint density at radius 2 is 2.38 bits per heavy atom. The van der Waals surface area contributed by atoms with Gasteiger partial charge in [0, 0.05) is 5.69 Å². The Balaban J connectivity index is 2.69. The number of rotatable bonds is 4. The normalized spacial score (nSPS) is 11.9. The topological polar surface area (TPSA) is 55.1 Å². The summed E-state index contributed by atoms with van der Waals surface area (Å²) in [7, 11) is 0. The average molecular weight is 287 g/mol. The van der Waals surface area contributed by atoms with Crippen molar-refractivity contribution in [3.63, 3.8) is 0 Å². The van der Waals surface area contributed by atoms with Crippen molar-refractivity contribution in [3.05, 3.63) is 41.1 Å². The number of carbonyl (C=O) groups is 1. The van der Waals surface area contributed by atoms with Crippen LogP contribution in [-0.2, 0) is 4.79 Å². The summed E-state index contributed by atoms with van der Waals surface area (Å²) in [4.78, 5) is 11.5. The van der Waals surface area contributed by atoms with E-state index < -0.39 is 11.9 Å². The quantitative estimate of drug-likeness (QED) is 0.836. The van der Waals surface area contributed by atoms with Crippen molar-refractivity contribution in [3.8, 4) is 0 Å². The van der Waals surface area contributed by atoms with Crippen molar-refractivity contribution in [1.29, 1.82) is 0 Å². The fourth-order valence-electron chi connectivity index (χ4n) is 1.10. The molecule has 0 fully saturated rings. The number of amides is 1. The SMILES string of the molecule is C=CCC(N)C(=O)Nc1ccc(Br)c(F)c1. The molecule has 0 bridgehead atoms. The fraction of sp³-hybridized carbons (Fsp3) is 0.182. The first-order valence-electron chi connectivity index (χ1n) is 4.67. The molecule has 3 N–H and O–H groups in total. The molecule has 86 valence electrons. The molecule has 1 unspecified atom stereocenters. The average Bonchev–Trinajstić information content (AvgIpc) is 2.24. The van der Waals surface area contributed by atoms with E-state index in [1.54, 1.807) is 12.1 Å². The Morgan fingerprint density at radius 3 is 2.94 bits per heavy atom. The molecule has 0 aliphatic rings. The Labute approximate surface area is 102 Å². The van der Waals surface area contributed by atoms with Crippen LogP contribution in [0.4, 0.5) is 10.1 Å². The monoisotopic (exact) mass is 286 g/mol. The van der Waals surface area contributed by atoms with Gasteiger partial charge in [-0.2, -0.15) is 0 Å². The molecule has 1 atom stereocenters. The van der Waals surface area contributed by atoms with Crippen LogP contribution in [0.1, 0.15) is 6.42 Å². The highest BCUT2D eigenvalue weighted by atomic mass is 79.9. The van der Waals surface area contributed by atoms with E-state index >= 15 is 0 Å². The molecule has 0 saturated carbocycles. The van der Waals surface area contributed by atoms with Gasteiger partial charge in [0.25, 0.3) is 0 Å². The van der Waals surface area contributed by atoms with Crippen molar-refractivity contribution >= 4 is 27.5 Å². The largest absolute Gasteiger partial charge is 0.325 e. The van der Waals surface area contributed by atoms with E-state index in [4.69, 9.17) is 5.73 Å². The second-order valence-corrected chi connectivity index (χ2v) is 4.10. The van der Waals surface area contributed by atoms with E-state index in [-0.39, 0.29) is 5.91 Å².